The van der Waals surface area contributed by atoms with E-state index in [-0.39, 0.29) is 0 Å². The normalized spacial score (nSPS) is 10.7. The molecule has 3 N–H and O–H groups in total. The predicted octanol–water partition coefficient (Wildman–Crippen LogP) is 6.51. The number of para-hydroxylation sites is 1. The molecule has 0 bridgehead atoms. The van der Waals surface area contributed by atoms with Gasteiger partial charge in [0, 0.05) is 5.69 Å². The standard InChI is InChI=1S/C25H24N4O2/c1-17(2)18-8-12-22(13-9-18)31-25-23(26)24(27-16-28-25)29-19-10-14-21(15-11-19)30-20-6-4-3-5-7-20/h3-17H,26H2,1-2H3,(H,27,28,29). The minimum absolute atomic E-state index is 0.304. The highest BCUT2D eigenvalue weighted by Gasteiger charge is 2.11. The van der Waals surface area contributed by atoms with Crippen molar-refractivity contribution in [2.24, 2.45) is 0 Å². The van der Waals surface area contributed by atoms with Crippen LogP contribution >= 0.6 is 0 Å². The highest BCUT2D eigenvalue weighted by atomic mass is 16.5. The first-order valence-corrected chi connectivity index (χ1v) is 10.1. The minimum Gasteiger partial charge on any atom is -0.457 e. The molecule has 0 aliphatic heterocycles. The van der Waals surface area contributed by atoms with Crippen LogP contribution in [0.2, 0.25) is 0 Å². The van der Waals surface area contributed by atoms with E-state index in [4.69, 9.17) is 15.2 Å². The van der Waals surface area contributed by atoms with Crippen LogP contribution in [-0.4, -0.2) is 9.97 Å². The van der Waals surface area contributed by atoms with Crippen molar-refractivity contribution >= 4 is 17.2 Å². The van der Waals surface area contributed by atoms with E-state index in [0.717, 1.165) is 17.2 Å². The number of hydrogen-bond acceptors (Lipinski definition) is 6. The highest BCUT2D eigenvalue weighted by molar-refractivity contribution is 5.72. The molecule has 1 aromatic heterocycles. The first kappa shape index (κ1) is 20.2. The lowest BCUT2D eigenvalue weighted by molar-refractivity contribution is 0.464. The Hall–Kier alpha value is -4.06. The lowest BCUT2D eigenvalue weighted by Crippen LogP contribution is -2.03. The van der Waals surface area contributed by atoms with E-state index in [2.05, 4.69) is 29.1 Å². The fourth-order valence-corrected chi connectivity index (χ4v) is 2.96. The van der Waals surface area contributed by atoms with Gasteiger partial charge in [-0.3, -0.25) is 0 Å². The molecule has 31 heavy (non-hydrogen) atoms. The molecule has 0 fully saturated rings. The van der Waals surface area contributed by atoms with Crippen LogP contribution in [0.5, 0.6) is 23.1 Å². The Morgan fingerprint density at radius 2 is 1.35 bits per heavy atom. The summed E-state index contributed by atoms with van der Waals surface area (Å²) >= 11 is 0. The van der Waals surface area contributed by atoms with E-state index in [0.29, 0.717) is 29.1 Å². The van der Waals surface area contributed by atoms with Crippen LogP contribution in [0.3, 0.4) is 0 Å². The second kappa shape index (κ2) is 9.17. The van der Waals surface area contributed by atoms with Crippen molar-refractivity contribution in [3.8, 4) is 23.1 Å². The number of nitrogens with two attached hydrogens (primary N) is 1. The fraction of sp³-hybridized carbons (Fsp3) is 0.120. The van der Waals surface area contributed by atoms with Gasteiger partial charge in [-0.2, -0.15) is 4.98 Å². The molecular weight excluding hydrogens is 388 g/mol. The first-order valence-electron chi connectivity index (χ1n) is 10.1. The average molecular weight is 412 g/mol. The van der Waals surface area contributed by atoms with E-state index in [9.17, 15) is 0 Å². The molecule has 156 valence electrons. The maximum Gasteiger partial charge on any atom is 0.248 e. The van der Waals surface area contributed by atoms with Crippen LogP contribution in [-0.2, 0) is 0 Å². The molecule has 1 heterocycles. The van der Waals surface area contributed by atoms with Gasteiger partial charge in [0.2, 0.25) is 5.88 Å². The molecule has 0 aliphatic carbocycles. The lowest BCUT2D eigenvalue weighted by Gasteiger charge is -2.13. The van der Waals surface area contributed by atoms with Gasteiger partial charge in [0.05, 0.1) is 0 Å². The number of benzene rings is 3. The third-order valence-corrected chi connectivity index (χ3v) is 4.70. The average Bonchev–Trinajstić information content (AvgIpc) is 2.79. The maximum atomic E-state index is 6.25. The summed E-state index contributed by atoms with van der Waals surface area (Å²) in [5.41, 5.74) is 8.64. The third-order valence-electron chi connectivity index (χ3n) is 4.70. The van der Waals surface area contributed by atoms with Crippen LogP contribution in [0.25, 0.3) is 0 Å². The zero-order valence-electron chi connectivity index (χ0n) is 17.4. The van der Waals surface area contributed by atoms with Crippen molar-refractivity contribution in [3.63, 3.8) is 0 Å². The van der Waals surface area contributed by atoms with Gasteiger partial charge in [-0.05, 0) is 60.0 Å². The smallest absolute Gasteiger partial charge is 0.248 e. The van der Waals surface area contributed by atoms with Gasteiger partial charge in [0.25, 0.3) is 0 Å². The summed E-state index contributed by atoms with van der Waals surface area (Å²) in [6.07, 6.45) is 1.42. The Morgan fingerprint density at radius 1 is 0.742 bits per heavy atom. The summed E-state index contributed by atoms with van der Waals surface area (Å²) in [5.74, 6) is 3.42. The van der Waals surface area contributed by atoms with Crippen LogP contribution in [0.1, 0.15) is 25.3 Å². The Labute approximate surface area is 181 Å². The van der Waals surface area contributed by atoms with Crippen LogP contribution in [0.4, 0.5) is 17.2 Å². The topological polar surface area (TPSA) is 82.3 Å². The van der Waals surface area contributed by atoms with Crippen molar-refractivity contribution in [3.05, 3.63) is 90.8 Å². The number of rotatable bonds is 7. The molecule has 0 amide bonds. The second-order valence-electron chi connectivity index (χ2n) is 7.33. The minimum atomic E-state index is 0.304. The van der Waals surface area contributed by atoms with E-state index in [1.54, 1.807) is 0 Å². The van der Waals surface area contributed by atoms with E-state index < -0.39 is 0 Å². The Bertz CT molecular complexity index is 1130. The summed E-state index contributed by atoms with van der Waals surface area (Å²) in [4.78, 5) is 8.42. The zero-order chi connectivity index (χ0) is 21.6. The molecular formula is C25H24N4O2. The third kappa shape index (κ3) is 5.11. The van der Waals surface area contributed by atoms with Gasteiger partial charge in [0.1, 0.15) is 29.3 Å². The van der Waals surface area contributed by atoms with Crippen molar-refractivity contribution in [1.82, 2.24) is 9.97 Å². The summed E-state index contributed by atoms with van der Waals surface area (Å²) < 4.78 is 11.7. The molecule has 4 rings (SSSR count). The van der Waals surface area contributed by atoms with Gasteiger partial charge < -0.3 is 20.5 Å². The van der Waals surface area contributed by atoms with Gasteiger partial charge in [0.15, 0.2) is 5.82 Å². The molecule has 6 heteroatoms. The molecule has 0 aliphatic rings. The Morgan fingerprint density at radius 3 is 2.03 bits per heavy atom. The second-order valence-corrected chi connectivity index (χ2v) is 7.33. The van der Waals surface area contributed by atoms with Gasteiger partial charge in [-0.25, -0.2) is 4.98 Å². The first-order chi connectivity index (χ1) is 15.1. The van der Waals surface area contributed by atoms with Crippen LogP contribution < -0.4 is 20.5 Å². The number of nitrogens with one attached hydrogen (secondary N) is 1. The largest absolute Gasteiger partial charge is 0.457 e. The zero-order valence-corrected chi connectivity index (χ0v) is 17.4. The fourth-order valence-electron chi connectivity index (χ4n) is 2.96. The Kier molecular flexibility index (Phi) is 5.98. The van der Waals surface area contributed by atoms with E-state index >= 15 is 0 Å². The monoisotopic (exact) mass is 412 g/mol. The molecule has 0 unspecified atom stereocenters. The van der Waals surface area contributed by atoms with Crippen molar-refractivity contribution in [2.45, 2.75) is 19.8 Å². The molecule has 0 radical (unpaired) electrons. The lowest BCUT2D eigenvalue weighted by atomic mass is 10.0. The van der Waals surface area contributed by atoms with Crippen molar-refractivity contribution in [2.75, 3.05) is 11.1 Å². The molecule has 0 atom stereocenters. The number of nitrogen functional groups attached to an aromatic ring is 1. The van der Waals surface area contributed by atoms with E-state index in [1.165, 1.54) is 11.9 Å². The molecule has 3 aromatic carbocycles. The van der Waals surface area contributed by atoms with Gasteiger partial charge in [-0.1, -0.05) is 44.2 Å². The number of aromatic nitrogens is 2. The number of anilines is 3. The quantitative estimate of drug-likeness (QED) is 0.360. The van der Waals surface area contributed by atoms with Gasteiger partial charge >= 0.3 is 0 Å². The molecule has 0 spiro atoms. The maximum absolute atomic E-state index is 6.25. The summed E-state index contributed by atoms with van der Waals surface area (Å²) in [5, 5.41) is 3.20. The number of hydrogen-bond donors (Lipinski definition) is 2. The van der Waals surface area contributed by atoms with Crippen LogP contribution in [0, 0.1) is 0 Å². The number of nitrogens with zero attached hydrogens (tertiary/aromatic N) is 2. The molecule has 0 saturated carbocycles. The highest BCUT2D eigenvalue weighted by Crippen LogP contribution is 2.32. The summed E-state index contributed by atoms with van der Waals surface area (Å²) in [7, 11) is 0. The molecule has 4 aromatic rings. The molecule has 6 nitrogen and oxygen atoms in total. The summed E-state index contributed by atoms with van der Waals surface area (Å²) in [6, 6.07) is 25.1. The van der Waals surface area contributed by atoms with Crippen molar-refractivity contribution in [1.29, 1.82) is 0 Å². The number of ether oxygens (including phenoxy) is 2. The Balaban J connectivity index is 1.45. The van der Waals surface area contributed by atoms with Gasteiger partial charge in [-0.15, -0.1) is 0 Å². The van der Waals surface area contributed by atoms with Crippen LogP contribution in [0.15, 0.2) is 85.2 Å². The van der Waals surface area contributed by atoms with E-state index in [1.807, 2.05) is 78.9 Å². The molecule has 0 saturated heterocycles. The summed E-state index contributed by atoms with van der Waals surface area (Å²) in [6.45, 7) is 4.30. The predicted molar refractivity (Wildman–Crippen MR) is 123 cm³/mol. The van der Waals surface area contributed by atoms with Crippen molar-refractivity contribution < 1.29 is 9.47 Å². The SMILES string of the molecule is CC(C)c1ccc(Oc2ncnc(Nc3ccc(Oc4ccccc4)cc3)c2N)cc1.